The van der Waals surface area contributed by atoms with E-state index in [2.05, 4.69) is 10.6 Å². The third-order valence-corrected chi connectivity index (χ3v) is 2.96. The second-order valence-corrected chi connectivity index (χ2v) is 4.51. The highest BCUT2D eigenvalue weighted by atomic mass is 16.5. The van der Waals surface area contributed by atoms with Gasteiger partial charge >= 0.3 is 12.0 Å². The van der Waals surface area contributed by atoms with Gasteiger partial charge in [0.15, 0.2) is 0 Å². The fourth-order valence-electron chi connectivity index (χ4n) is 1.79. The number of amides is 2. The smallest absolute Gasteiger partial charge is 0.338 e. The van der Waals surface area contributed by atoms with Gasteiger partial charge < -0.3 is 20.5 Å². The van der Waals surface area contributed by atoms with Gasteiger partial charge in [-0.3, -0.25) is 0 Å². The predicted molar refractivity (Wildman–Crippen MR) is 80.3 cm³/mol. The number of esters is 1. The summed E-state index contributed by atoms with van der Waals surface area (Å²) in [7, 11) is 0. The van der Waals surface area contributed by atoms with Crippen LogP contribution in [0.2, 0.25) is 0 Å². The number of carbonyl (C=O) groups is 2. The van der Waals surface area contributed by atoms with Crippen LogP contribution in [0.5, 0.6) is 0 Å². The Labute approximate surface area is 124 Å². The van der Waals surface area contributed by atoms with Gasteiger partial charge in [-0.15, -0.1) is 0 Å². The molecule has 0 aliphatic carbocycles. The molecule has 0 aliphatic rings. The monoisotopic (exact) mass is 294 g/mol. The van der Waals surface area contributed by atoms with Gasteiger partial charge in [0.05, 0.1) is 12.2 Å². The molecule has 6 nitrogen and oxygen atoms in total. The Hall–Kier alpha value is -2.08. The maximum absolute atomic E-state index is 11.8. The standard InChI is InChI=1S/C15H22N2O4/c1-3-12(9-10-18)16-15(20)17-13-7-5-11(6-8-13)14(19)21-4-2/h5-8,12,18H,3-4,9-10H2,1-2H3,(H2,16,17,20). The minimum atomic E-state index is -0.387. The number of aliphatic hydroxyl groups is 1. The number of urea groups is 1. The topological polar surface area (TPSA) is 87.7 Å². The van der Waals surface area contributed by atoms with E-state index >= 15 is 0 Å². The highest BCUT2D eigenvalue weighted by molar-refractivity contribution is 5.92. The lowest BCUT2D eigenvalue weighted by Crippen LogP contribution is -2.38. The minimum absolute atomic E-state index is 0.0347. The molecule has 0 spiro atoms. The zero-order valence-electron chi connectivity index (χ0n) is 12.4. The highest BCUT2D eigenvalue weighted by Crippen LogP contribution is 2.10. The van der Waals surface area contributed by atoms with Crippen molar-refractivity contribution in [1.82, 2.24) is 5.32 Å². The fraction of sp³-hybridized carbons (Fsp3) is 0.467. The zero-order chi connectivity index (χ0) is 15.7. The quantitative estimate of drug-likeness (QED) is 0.672. The highest BCUT2D eigenvalue weighted by Gasteiger charge is 2.10. The van der Waals surface area contributed by atoms with Crippen molar-refractivity contribution in [3.63, 3.8) is 0 Å². The summed E-state index contributed by atoms with van der Waals surface area (Å²) in [5, 5.41) is 14.3. The molecule has 0 fully saturated rings. The summed E-state index contributed by atoms with van der Waals surface area (Å²) in [4.78, 5) is 23.3. The Morgan fingerprint density at radius 3 is 2.43 bits per heavy atom. The Kier molecular flexibility index (Phi) is 7.25. The number of anilines is 1. The van der Waals surface area contributed by atoms with Crippen LogP contribution >= 0.6 is 0 Å². The number of hydrogen-bond acceptors (Lipinski definition) is 4. The van der Waals surface area contributed by atoms with Crippen LogP contribution in [0.4, 0.5) is 10.5 Å². The molecule has 21 heavy (non-hydrogen) atoms. The summed E-state index contributed by atoms with van der Waals surface area (Å²) < 4.78 is 4.88. The molecule has 1 atom stereocenters. The Morgan fingerprint density at radius 2 is 1.90 bits per heavy atom. The molecule has 3 N–H and O–H groups in total. The molecule has 6 heteroatoms. The lowest BCUT2D eigenvalue weighted by molar-refractivity contribution is 0.0526. The first-order valence-corrected chi connectivity index (χ1v) is 7.06. The van der Waals surface area contributed by atoms with E-state index in [1.807, 2.05) is 6.92 Å². The fourth-order valence-corrected chi connectivity index (χ4v) is 1.79. The maximum atomic E-state index is 11.8. The number of benzene rings is 1. The lowest BCUT2D eigenvalue weighted by Gasteiger charge is -2.16. The van der Waals surface area contributed by atoms with Crippen molar-refractivity contribution < 1.29 is 19.4 Å². The van der Waals surface area contributed by atoms with E-state index in [1.54, 1.807) is 31.2 Å². The molecule has 0 aromatic heterocycles. The average molecular weight is 294 g/mol. The number of ether oxygens (including phenoxy) is 1. The summed E-state index contributed by atoms with van der Waals surface area (Å²) in [5.41, 5.74) is 1.02. The number of rotatable bonds is 7. The van der Waals surface area contributed by atoms with E-state index in [-0.39, 0.29) is 24.6 Å². The SMILES string of the molecule is CCOC(=O)c1ccc(NC(=O)NC(CC)CCO)cc1. The van der Waals surface area contributed by atoms with Crippen molar-refractivity contribution in [2.75, 3.05) is 18.5 Å². The van der Waals surface area contributed by atoms with Gasteiger partial charge in [-0.2, -0.15) is 0 Å². The summed E-state index contributed by atoms with van der Waals surface area (Å²) in [6, 6.07) is 6.07. The first kappa shape index (κ1) is 17.0. The van der Waals surface area contributed by atoms with Crippen molar-refractivity contribution in [3.05, 3.63) is 29.8 Å². The van der Waals surface area contributed by atoms with E-state index < -0.39 is 0 Å². The minimum Gasteiger partial charge on any atom is -0.462 e. The largest absolute Gasteiger partial charge is 0.462 e. The van der Waals surface area contributed by atoms with Gasteiger partial charge in [0.1, 0.15) is 0 Å². The van der Waals surface area contributed by atoms with Crippen LogP contribution in [0.15, 0.2) is 24.3 Å². The van der Waals surface area contributed by atoms with E-state index in [0.717, 1.165) is 6.42 Å². The molecule has 0 saturated carbocycles. The average Bonchev–Trinajstić information content (AvgIpc) is 2.47. The molecular weight excluding hydrogens is 272 g/mol. The second kappa shape index (κ2) is 8.97. The Morgan fingerprint density at radius 1 is 1.24 bits per heavy atom. The first-order chi connectivity index (χ1) is 10.1. The van der Waals surface area contributed by atoms with Gasteiger partial charge in [0, 0.05) is 18.3 Å². The first-order valence-electron chi connectivity index (χ1n) is 7.06. The molecule has 0 aliphatic heterocycles. The van der Waals surface area contributed by atoms with Crippen molar-refractivity contribution >= 4 is 17.7 Å². The van der Waals surface area contributed by atoms with Crippen molar-refractivity contribution in [2.24, 2.45) is 0 Å². The molecule has 0 bridgehead atoms. The van der Waals surface area contributed by atoms with Gasteiger partial charge in [-0.05, 0) is 44.0 Å². The van der Waals surface area contributed by atoms with E-state index in [9.17, 15) is 9.59 Å². The van der Waals surface area contributed by atoms with Crippen LogP contribution in [0.3, 0.4) is 0 Å². The van der Waals surface area contributed by atoms with Crippen LogP contribution in [-0.2, 0) is 4.74 Å². The van der Waals surface area contributed by atoms with Crippen LogP contribution < -0.4 is 10.6 Å². The Balaban J connectivity index is 2.55. The third-order valence-electron chi connectivity index (χ3n) is 2.96. The van der Waals surface area contributed by atoms with E-state index in [1.165, 1.54) is 0 Å². The lowest BCUT2D eigenvalue weighted by atomic mass is 10.1. The number of aliphatic hydroxyl groups excluding tert-OH is 1. The van der Waals surface area contributed by atoms with Crippen molar-refractivity contribution in [1.29, 1.82) is 0 Å². The maximum Gasteiger partial charge on any atom is 0.338 e. The molecule has 116 valence electrons. The number of hydrogen-bond donors (Lipinski definition) is 3. The van der Waals surface area contributed by atoms with Crippen molar-refractivity contribution in [3.8, 4) is 0 Å². The zero-order valence-corrected chi connectivity index (χ0v) is 12.4. The third kappa shape index (κ3) is 5.83. The van der Waals surface area contributed by atoms with Gasteiger partial charge in [-0.1, -0.05) is 6.92 Å². The van der Waals surface area contributed by atoms with E-state index in [0.29, 0.717) is 24.3 Å². The molecule has 1 aromatic carbocycles. The van der Waals surface area contributed by atoms with Gasteiger partial charge in [-0.25, -0.2) is 9.59 Å². The molecule has 0 radical (unpaired) electrons. The van der Waals surface area contributed by atoms with Crippen molar-refractivity contribution in [2.45, 2.75) is 32.7 Å². The van der Waals surface area contributed by atoms with Crippen LogP contribution in [0, 0.1) is 0 Å². The molecular formula is C15H22N2O4. The molecule has 1 unspecified atom stereocenters. The summed E-state index contributed by atoms with van der Waals surface area (Å²) in [6.07, 6.45) is 1.27. The molecule has 1 aromatic rings. The number of carbonyl (C=O) groups excluding carboxylic acids is 2. The summed E-state index contributed by atoms with van der Waals surface area (Å²) >= 11 is 0. The molecule has 0 heterocycles. The normalized spacial score (nSPS) is 11.6. The van der Waals surface area contributed by atoms with Gasteiger partial charge in [0.25, 0.3) is 0 Å². The predicted octanol–water partition coefficient (Wildman–Crippen LogP) is 2.15. The Bertz CT molecular complexity index is 459. The van der Waals surface area contributed by atoms with E-state index in [4.69, 9.17) is 9.84 Å². The number of nitrogens with one attached hydrogen (secondary N) is 2. The molecule has 1 rings (SSSR count). The summed E-state index contributed by atoms with van der Waals surface area (Å²) in [6.45, 7) is 4.04. The van der Waals surface area contributed by atoms with Gasteiger partial charge in [0.2, 0.25) is 0 Å². The molecule has 0 saturated heterocycles. The van der Waals surface area contributed by atoms with Crippen LogP contribution in [0.1, 0.15) is 37.0 Å². The summed E-state index contributed by atoms with van der Waals surface area (Å²) in [5.74, 6) is -0.387. The van der Waals surface area contributed by atoms with Crippen LogP contribution in [-0.4, -0.2) is 36.4 Å². The molecule has 2 amide bonds. The van der Waals surface area contributed by atoms with Crippen LogP contribution in [0.25, 0.3) is 0 Å². The second-order valence-electron chi connectivity index (χ2n) is 4.51.